The lowest BCUT2D eigenvalue weighted by Gasteiger charge is -2.31. The fraction of sp³-hybridized carbons (Fsp3) is 0.447. The summed E-state index contributed by atoms with van der Waals surface area (Å²) in [7, 11) is -15.0. The van der Waals surface area contributed by atoms with E-state index in [0.29, 0.717) is 76.6 Å². The van der Waals surface area contributed by atoms with Gasteiger partial charge in [-0.15, -0.1) is 0 Å². The van der Waals surface area contributed by atoms with Gasteiger partial charge in [0.2, 0.25) is 15.7 Å². The van der Waals surface area contributed by atoms with Crippen molar-refractivity contribution < 1.29 is 71.3 Å². The fourth-order valence-electron chi connectivity index (χ4n) is 9.87. The Hall–Kier alpha value is -4.62. The number of carbonyl (C=O) groups is 1. The summed E-state index contributed by atoms with van der Waals surface area (Å²) in [6.07, 6.45) is 7.30. The summed E-state index contributed by atoms with van der Waals surface area (Å²) in [5, 5.41) is 11.6. The van der Waals surface area contributed by atoms with Crippen molar-refractivity contribution in [3.8, 4) is 0 Å². The Labute approximate surface area is 404 Å². The molecule has 6 rings (SSSR count). The molecule has 0 aromatic heterocycles. The van der Waals surface area contributed by atoms with Crippen molar-refractivity contribution in [2.75, 3.05) is 63.5 Å². The number of carboxylic acid groups (broad SMARTS) is 1. The normalized spacial score (nSPS) is 19.4. The van der Waals surface area contributed by atoms with Crippen molar-refractivity contribution in [3.05, 3.63) is 95.7 Å². The van der Waals surface area contributed by atoms with Gasteiger partial charge in [0.25, 0.3) is 0 Å². The van der Waals surface area contributed by atoms with Crippen molar-refractivity contribution in [3.63, 3.8) is 0 Å². The zero-order valence-electron chi connectivity index (χ0n) is 38.8. The highest BCUT2D eigenvalue weighted by Gasteiger charge is 2.49. The van der Waals surface area contributed by atoms with Crippen LogP contribution in [0.2, 0.25) is 0 Å². The number of nitrogens with zero attached hydrogens (tertiary/aromatic N) is 2. The van der Waals surface area contributed by atoms with Crippen LogP contribution in [-0.2, 0) is 65.5 Å². The Kier molecular flexibility index (Phi) is 16.7. The molecule has 0 aliphatic carbocycles. The second-order valence-electron chi connectivity index (χ2n) is 17.7. The van der Waals surface area contributed by atoms with Crippen LogP contribution in [0.3, 0.4) is 0 Å². The van der Waals surface area contributed by atoms with Gasteiger partial charge in [-0.05, 0) is 122 Å². The summed E-state index contributed by atoms with van der Waals surface area (Å²) in [4.78, 5) is 13.0. The van der Waals surface area contributed by atoms with Gasteiger partial charge in [-0.25, -0.2) is 38.4 Å². The standard InChI is InChI=1S/C47H59N3O15S4/c1-46(22-9-29-66(53,54)55)41(49(25-7-5-6-13-43(51)52)39-20-15-34-32-36(69(61,62)63)17-19-38(34)44(39)46)11-8-12-42-47(2,23-10-30-67(56,57)58)45-37-18-16-35(68(59,60)48-24-27-64-3)31-33(37)14-21-40(45)50(42)26-28-65-4/h8,11-12,14-21,31-32,48H,5-7,9-10,13,22-30H2,1-4H3,(H3-,51,52,53,54,55,56,57,58,61,62,63)/p-2. The Morgan fingerprint density at radius 3 is 1.94 bits per heavy atom. The fourth-order valence-corrected chi connectivity index (χ4v) is 12.4. The second kappa shape index (κ2) is 21.4. The van der Waals surface area contributed by atoms with E-state index in [1.165, 1.54) is 25.3 Å². The minimum atomic E-state index is -4.82. The first-order valence-electron chi connectivity index (χ1n) is 22.3. The summed E-state index contributed by atoms with van der Waals surface area (Å²) >= 11 is 0. The van der Waals surface area contributed by atoms with Crippen LogP contribution < -0.4 is 9.62 Å². The molecule has 0 fully saturated rings. The summed E-state index contributed by atoms with van der Waals surface area (Å²) in [5.74, 6) is -2.22. The van der Waals surface area contributed by atoms with Crippen molar-refractivity contribution in [1.82, 2.24) is 4.72 Å². The molecule has 0 radical (unpaired) electrons. The molecule has 2 aliphatic heterocycles. The first kappa shape index (κ1) is 53.7. The van der Waals surface area contributed by atoms with Crippen LogP contribution in [0.5, 0.6) is 0 Å². The Morgan fingerprint density at radius 2 is 1.33 bits per heavy atom. The van der Waals surface area contributed by atoms with Crippen LogP contribution in [-0.4, -0.2) is 127 Å². The number of aliphatic carboxylic acids is 1. The van der Waals surface area contributed by atoms with Gasteiger partial charge in [-0.3, -0.25) is 4.79 Å². The van der Waals surface area contributed by atoms with Crippen LogP contribution in [0.15, 0.2) is 94.4 Å². The molecule has 0 amide bonds. The molecule has 2 unspecified atom stereocenters. The second-order valence-corrected chi connectivity index (χ2v) is 23.9. The third kappa shape index (κ3) is 12.3. The van der Waals surface area contributed by atoms with Crippen LogP contribution in [0.25, 0.3) is 21.5 Å². The van der Waals surface area contributed by atoms with E-state index in [1.54, 1.807) is 43.5 Å². The molecule has 22 heteroatoms. The third-order valence-corrected chi connectivity index (χ3v) is 16.8. The lowest BCUT2D eigenvalue weighted by molar-refractivity contribution is -0.438. The Morgan fingerprint density at radius 1 is 0.739 bits per heavy atom. The number of sulfonamides is 1. The summed E-state index contributed by atoms with van der Waals surface area (Å²) < 4.78 is 150. The molecule has 69 heavy (non-hydrogen) atoms. The Bertz CT molecular complexity index is 3170. The Balaban J connectivity index is 1.55. The maximum absolute atomic E-state index is 13.3. The number of ether oxygens (including phenoxy) is 2. The first-order valence-corrected chi connectivity index (χ1v) is 28.4. The lowest BCUT2D eigenvalue weighted by atomic mass is 9.74. The van der Waals surface area contributed by atoms with Crippen LogP contribution in [0.1, 0.15) is 76.3 Å². The number of carboxylic acids is 1. The van der Waals surface area contributed by atoms with Gasteiger partial charge in [0.05, 0.1) is 48.7 Å². The highest BCUT2D eigenvalue weighted by molar-refractivity contribution is 7.89. The van der Waals surface area contributed by atoms with Crippen molar-refractivity contribution >= 4 is 85.0 Å². The molecule has 2 heterocycles. The van der Waals surface area contributed by atoms with Gasteiger partial charge in [0.15, 0.2) is 5.71 Å². The molecule has 0 bridgehead atoms. The minimum Gasteiger partial charge on any atom is -0.748 e. The van der Waals surface area contributed by atoms with E-state index in [2.05, 4.69) is 4.72 Å². The number of benzene rings is 4. The number of anilines is 1. The number of rotatable bonds is 25. The van der Waals surface area contributed by atoms with E-state index in [0.717, 1.165) is 11.3 Å². The topological polar surface area (TPSA) is 280 Å². The van der Waals surface area contributed by atoms with Crippen molar-refractivity contribution in [2.24, 2.45) is 0 Å². The lowest BCUT2D eigenvalue weighted by Crippen LogP contribution is -2.32. The molecule has 4 aromatic carbocycles. The maximum atomic E-state index is 13.3. The summed E-state index contributed by atoms with van der Waals surface area (Å²) in [5.41, 5.74) is 2.30. The van der Waals surface area contributed by atoms with Gasteiger partial charge in [-0.1, -0.05) is 24.3 Å². The van der Waals surface area contributed by atoms with Gasteiger partial charge in [0, 0.05) is 86.2 Å². The molecule has 0 spiro atoms. The van der Waals surface area contributed by atoms with E-state index in [4.69, 9.17) is 9.47 Å². The van der Waals surface area contributed by atoms with E-state index in [9.17, 15) is 57.2 Å². The average molecular weight is 1030 g/mol. The van der Waals surface area contributed by atoms with Crippen molar-refractivity contribution in [2.45, 2.75) is 85.8 Å². The van der Waals surface area contributed by atoms with Gasteiger partial charge >= 0.3 is 5.97 Å². The number of nitrogens with one attached hydrogen (secondary N) is 1. The summed E-state index contributed by atoms with van der Waals surface area (Å²) in [6.45, 7) is 5.03. The predicted octanol–water partition coefficient (Wildman–Crippen LogP) is 5.34. The SMILES string of the molecule is COCCNS(=O)(=O)c1ccc2c3c(ccc2c1)N(CCOC)/C(=C/C=C/C1=[N+](CCCCCC(=O)O)c2ccc4cc(S(=O)(=O)[O-])ccc4c2C1(C)CCCS(=O)(=O)[O-])C3(C)CCCS(=O)(=O)[O-]. The number of unbranched alkanes of at least 4 members (excludes halogenated alkanes) is 2. The monoisotopic (exact) mass is 1030 g/mol. The smallest absolute Gasteiger partial charge is 0.303 e. The number of fused-ring (bicyclic) bond motifs is 6. The molecule has 2 N–H and O–H groups in total. The predicted molar refractivity (Wildman–Crippen MR) is 258 cm³/mol. The largest absolute Gasteiger partial charge is 0.748 e. The van der Waals surface area contributed by atoms with Crippen LogP contribution >= 0.6 is 0 Å². The molecular formula is C47H57N3O15S4-2. The van der Waals surface area contributed by atoms with Crippen LogP contribution in [0.4, 0.5) is 11.4 Å². The highest BCUT2D eigenvalue weighted by Crippen LogP contribution is 2.54. The van der Waals surface area contributed by atoms with Crippen LogP contribution in [0, 0.1) is 0 Å². The highest BCUT2D eigenvalue weighted by atomic mass is 32.2. The van der Waals surface area contributed by atoms with Gasteiger partial charge in [0.1, 0.15) is 16.7 Å². The zero-order valence-corrected chi connectivity index (χ0v) is 42.1. The number of hydrogen-bond acceptors (Lipinski definition) is 15. The molecule has 18 nitrogen and oxygen atoms in total. The number of allylic oxidation sites excluding steroid dienone is 4. The molecule has 0 saturated heterocycles. The van der Waals surface area contributed by atoms with E-state index in [1.807, 2.05) is 47.6 Å². The third-order valence-electron chi connectivity index (χ3n) is 13.0. The quantitative estimate of drug-likeness (QED) is 0.0481. The zero-order chi connectivity index (χ0) is 50.6. The molecule has 376 valence electrons. The van der Waals surface area contributed by atoms with Gasteiger partial charge in [-0.2, -0.15) is 4.58 Å². The van der Waals surface area contributed by atoms with Crippen molar-refractivity contribution in [1.29, 1.82) is 0 Å². The number of methoxy groups -OCH3 is 2. The molecule has 4 aromatic rings. The number of hydrogen-bond donors (Lipinski definition) is 2. The molecular weight excluding hydrogens is 975 g/mol. The molecule has 2 atom stereocenters. The summed E-state index contributed by atoms with van der Waals surface area (Å²) in [6, 6.07) is 15.9. The van der Waals surface area contributed by atoms with Gasteiger partial charge < -0.3 is 33.1 Å². The first-order chi connectivity index (χ1) is 32.3. The van der Waals surface area contributed by atoms with E-state index < -0.39 is 73.6 Å². The van der Waals surface area contributed by atoms with E-state index in [-0.39, 0.29) is 56.8 Å². The van der Waals surface area contributed by atoms with E-state index >= 15 is 0 Å². The molecule has 0 saturated carbocycles. The molecule has 2 aliphatic rings. The minimum absolute atomic E-state index is 0.0152. The average Bonchev–Trinajstić information content (AvgIpc) is 3.64. The maximum Gasteiger partial charge on any atom is 0.303 e.